The van der Waals surface area contributed by atoms with E-state index in [2.05, 4.69) is 16.0 Å². The second-order valence-corrected chi connectivity index (χ2v) is 9.01. The van der Waals surface area contributed by atoms with E-state index in [1.807, 2.05) is 0 Å². The van der Waals surface area contributed by atoms with E-state index in [4.69, 9.17) is 22.9 Å². The normalized spacial score (nSPS) is 13.6. The summed E-state index contributed by atoms with van der Waals surface area (Å²) in [5, 5.41) is 25.6. The quantitative estimate of drug-likeness (QED) is 0.0849. The molecule has 0 aromatic heterocycles. The van der Waals surface area contributed by atoms with Gasteiger partial charge >= 0.3 is 5.97 Å². The molecule has 4 atom stereocenters. The number of amides is 6. The van der Waals surface area contributed by atoms with Gasteiger partial charge in [0.05, 0.1) is 6.04 Å². The largest absolute Gasteiger partial charge is 0.508 e. The van der Waals surface area contributed by atoms with Gasteiger partial charge in [-0.05, 0) is 43.4 Å². The van der Waals surface area contributed by atoms with Crippen LogP contribution >= 0.6 is 0 Å². The molecule has 0 aliphatic heterocycles. The van der Waals surface area contributed by atoms with Crippen LogP contribution in [0.25, 0.3) is 0 Å². The van der Waals surface area contributed by atoms with E-state index in [0.29, 0.717) is 5.56 Å². The molecule has 0 saturated heterocycles. The Hall–Kier alpha value is -4.73. The molecule has 16 nitrogen and oxygen atoms in total. The number of benzene rings is 1. The number of phenols is 1. The first kappa shape index (κ1) is 33.3. The summed E-state index contributed by atoms with van der Waals surface area (Å²) in [6.45, 7) is 0. The molecule has 13 N–H and O–H groups in total. The van der Waals surface area contributed by atoms with Crippen LogP contribution in [0.3, 0.4) is 0 Å². The number of aromatic hydroxyl groups is 1. The Morgan fingerprint density at radius 2 is 1.02 bits per heavy atom. The second kappa shape index (κ2) is 16.3. The summed E-state index contributed by atoms with van der Waals surface area (Å²) in [4.78, 5) is 83.8. The standard InChI is InChI=1S/C24H35N7O9/c25-14(11-12-1-3-13(32)4-2-12)21(36)29-15(5-8-18(26)33)22(37)30-16(6-9-19(27)34)23(38)31-17(24(39)40)7-10-20(28)35/h1-4,14-17,32H,5-11,25H2,(H2,26,33)(H2,27,34)(H2,28,35)(H,29,36)(H,30,37)(H,31,38)(H,39,40)/t14-,15-,16-,17-/m0/s1. The molecular weight excluding hydrogens is 530 g/mol. The van der Waals surface area contributed by atoms with Crippen molar-refractivity contribution in [3.63, 3.8) is 0 Å². The molecule has 0 spiro atoms. The highest BCUT2D eigenvalue weighted by atomic mass is 16.4. The van der Waals surface area contributed by atoms with E-state index in [-0.39, 0.29) is 50.7 Å². The fourth-order valence-corrected chi connectivity index (χ4v) is 3.46. The van der Waals surface area contributed by atoms with Gasteiger partial charge in [0.25, 0.3) is 0 Å². The van der Waals surface area contributed by atoms with Crippen molar-refractivity contribution in [2.24, 2.45) is 22.9 Å². The Labute approximate surface area is 229 Å². The number of hydrogen-bond donors (Lipinski definition) is 9. The van der Waals surface area contributed by atoms with Crippen LogP contribution in [0.5, 0.6) is 5.75 Å². The molecular formula is C24H35N7O9. The first-order chi connectivity index (χ1) is 18.7. The van der Waals surface area contributed by atoms with E-state index in [9.17, 15) is 43.8 Å². The monoisotopic (exact) mass is 565 g/mol. The SMILES string of the molecule is NC(=O)CC[C@H](NC(=O)[C@H](CCC(N)=O)NC(=O)[C@H](CCC(N)=O)NC(=O)[C@@H](N)Cc1ccc(O)cc1)C(=O)O. The molecule has 1 rings (SSSR count). The zero-order valence-electron chi connectivity index (χ0n) is 21.6. The Morgan fingerprint density at radius 3 is 1.43 bits per heavy atom. The molecule has 0 aliphatic rings. The van der Waals surface area contributed by atoms with E-state index in [1.54, 1.807) is 12.1 Å². The van der Waals surface area contributed by atoms with Crippen LogP contribution < -0.4 is 38.9 Å². The minimum Gasteiger partial charge on any atom is -0.508 e. The number of nitrogens with one attached hydrogen (secondary N) is 3. The fourth-order valence-electron chi connectivity index (χ4n) is 3.46. The molecule has 0 heterocycles. The number of phenolic OH excluding ortho intramolecular Hbond substituents is 1. The molecule has 1 aromatic carbocycles. The van der Waals surface area contributed by atoms with Gasteiger partial charge in [0.15, 0.2) is 0 Å². The zero-order chi connectivity index (χ0) is 30.4. The number of carboxylic acids is 1. The lowest BCUT2D eigenvalue weighted by Gasteiger charge is -2.25. The number of carboxylic acid groups (broad SMARTS) is 1. The minimum atomic E-state index is -1.53. The zero-order valence-corrected chi connectivity index (χ0v) is 21.6. The lowest BCUT2D eigenvalue weighted by molar-refractivity contribution is -0.142. The smallest absolute Gasteiger partial charge is 0.326 e. The van der Waals surface area contributed by atoms with Crippen LogP contribution in [0, 0.1) is 0 Å². The Balaban J connectivity index is 3.04. The van der Waals surface area contributed by atoms with Crippen molar-refractivity contribution >= 4 is 41.4 Å². The number of primary amides is 3. The molecule has 0 bridgehead atoms. The van der Waals surface area contributed by atoms with E-state index in [1.165, 1.54) is 12.1 Å². The van der Waals surface area contributed by atoms with Gasteiger partial charge in [-0.15, -0.1) is 0 Å². The maximum atomic E-state index is 13.1. The highest BCUT2D eigenvalue weighted by molar-refractivity contribution is 5.94. The van der Waals surface area contributed by atoms with Gasteiger partial charge in [0.1, 0.15) is 23.9 Å². The van der Waals surface area contributed by atoms with Crippen LogP contribution in [-0.2, 0) is 40.0 Å². The highest BCUT2D eigenvalue weighted by Gasteiger charge is 2.31. The van der Waals surface area contributed by atoms with Crippen LogP contribution in [-0.4, -0.2) is 75.8 Å². The first-order valence-corrected chi connectivity index (χ1v) is 12.2. The Morgan fingerprint density at radius 1 is 0.650 bits per heavy atom. The number of nitrogens with two attached hydrogens (primary N) is 4. The van der Waals surface area contributed by atoms with E-state index in [0.717, 1.165) is 0 Å². The number of carbonyl (C=O) groups is 7. The molecule has 16 heteroatoms. The molecule has 220 valence electrons. The van der Waals surface area contributed by atoms with Crippen molar-refractivity contribution in [1.29, 1.82) is 0 Å². The van der Waals surface area contributed by atoms with Crippen molar-refractivity contribution in [2.75, 3.05) is 0 Å². The van der Waals surface area contributed by atoms with Crippen LogP contribution in [0.1, 0.15) is 44.1 Å². The van der Waals surface area contributed by atoms with Gasteiger partial charge in [-0.2, -0.15) is 0 Å². The number of hydrogen-bond acceptors (Lipinski definition) is 9. The lowest BCUT2D eigenvalue weighted by Crippen LogP contribution is -2.57. The van der Waals surface area contributed by atoms with Crippen LogP contribution in [0.2, 0.25) is 0 Å². The molecule has 1 aromatic rings. The summed E-state index contributed by atoms with van der Waals surface area (Å²) >= 11 is 0. The van der Waals surface area contributed by atoms with E-state index >= 15 is 0 Å². The predicted octanol–water partition coefficient (Wildman–Crippen LogP) is -3.40. The van der Waals surface area contributed by atoms with Gasteiger partial charge < -0.3 is 49.1 Å². The molecule has 0 fully saturated rings. The van der Waals surface area contributed by atoms with Gasteiger partial charge in [0, 0.05) is 19.3 Å². The van der Waals surface area contributed by atoms with Crippen LogP contribution in [0.4, 0.5) is 0 Å². The topological polar surface area (TPSA) is 300 Å². The third kappa shape index (κ3) is 12.7. The summed E-state index contributed by atoms with van der Waals surface area (Å²) in [5.41, 5.74) is 21.9. The molecule has 0 radical (unpaired) electrons. The van der Waals surface area contributed by atoms with Crippen molar-refractivity contribution < 1.29 is 43.8 Å². The highest BCUT2D eigenvalue weighted by Crippen LogP contribution is 2.11. The van der Waals surface area contributed by atoms with Crippen molar-refractivity contribution in [3.8, 4) is 5.75 Å². The summed E-state index contributed by atoms with van der Waals surface area (Å²) in [7, 11) is 0. The average molecular weight is 566 g/mol. The lowest BCUT2D eigenvalue weighted by atomic mass is 10.0. The Bertz CT molecular complexity index is 1090. The third-order valence-electron chi connectivity index (χ3n) is 5.65. The van der Waals surface area contributed by atoms with Crippen molar-refractivity contribution in [3.05, 3.63) is 29.8 Å². The maximum Gasteiger partial charge on any atom is 0.326 e. The third-order valence-corrected chi connectivity index (χ3v) is 5.65. The van der Waals surface area contributed by atoms with Gasteiger partial charge in [-0.3, -0.25) is 28.8 Å². The van der Waals surface area contributed by atoms with E-state index < -0.39 is 65.6 Å². The fraction of sp³-hybridized carbons (Fsp3) is 0.458. The van der Waals surface area contributed by atoms with Crippen molar-refractivity contribution in [2.45, 2.75) is 69.1 Å². The molecule has 0 saturated carbocycles. The summed E-state index contributed by atoms with van der Waals surface area (Å²) < 4.78 is 0. The number of aliphatic carboxylic acids is 1. The summed E-state index contributed by atoms with van der Waals surface area (Å²) in [6.07, 6.45) is -1.91. The molecule has 6 amide bonds. The summed E-state index contributed by atoms with van der Waals surface area (Å²) in [6, 6.07) is 0.381. The predicted molar refractivity (Wildman–Crippen MR) is 138 cm³/mol. The Kier molecular flexibility index (Phi) is 13.6. The average Bonchev–Trinajstić information content (AvgIpc) is 2.86. The number of rotatable bonds is 18. The maximum absolute atomic E-state index is 13.1. The minimum absolute atomic E-state index is 0.0161. The first-order valence-electron chi connectivity index (χ1n) is 12.2. The van der Waals surface area contributed by atoms with Crippen molar-refractivity contribution in [1.82, 2.24) is 16.0 Å². The molecule has 40 heavy (non-hydrogen) atoms. The molecule has 0 unspecified atom stereocenters. The number of carbonyl (C=O) groups excluding carboxylic acids is 6. The molecule has 0 aliphatic carbocycles. The van der Waals surface area contributed by atoms with Gasteiger partial charge in [-0.1, -0.05) is 12.1 Å². The van der Waals surface area contributed by atoms with Crippen LogP contribution in [0.15, 0.2) is 24.3 Å². The van der Waals surface area contributed by atoms with Gasteiger partial charge in [-0.25, -0.2) is 4.79 Å². The second-order valence-electron chi connectivity index (χ2n) is 9.01. The summed E-state index contributed by atoms with van der Waals surface area (Å²) in [5.74, 6) is -6.55. The van der Waals surface area contributed by atoms with Gasteiger partial charge in [0.2, 0.25) is 35.4 Å².